The van der Waals surface area contributed by atoms with Crippen LogP contribution in [0, 0.1) is 11.3 Å². The quantitative estimate of drug-likeness (QED) is 0.303. The van der Waals surface area contributed by atoms with Gasteiger partial charge in [-0.05, 0) is 24.3 Å². The van der Waals surface area contributed by atoms with E-state index in [1.54, 1.807) is 0 Å². The highest BCUT2D eigenvalue weighted by Gasteiger charge is 2.51. The molecule has 0 bridgehead atoms. The number of hydrogen-bond acceptors (Lipinski definition) is 3. The summed E-state index contributed by atoms with van der Waals surface area (Å²) in [6, 6.07) is 0. The summed E-state index contributed by atoms with van der Waals surface area (Å²) < 4.78 is 5.25. The lowest BCUT2D eigenvalue weighted by molar-refractivity contribution is -0.141. The number of carbonyl (C=O) groups is 1. The van der Waals surface area contributed by atoms with Crippen molar-refractivity contribution < 1.29 is 9.53 Å². The maximum Gasteiger partial charge on any atom is 0.306 e. The van der Waals surface area contributed by atoms with Gasteiger partial charge in [-0.3, -0.25) is 4.79 Å². The highest BCUT2D eigenvalue weighted by molar-refractivity contribution is 5.73. The van der Waals surface area contributed by atoms with Gasteiger partial charge in [-0.15, -0.1) is 0 Å². The van der Waals surface area contributed by atoms with E-state index in [9.17, 15) is 4.79 Å². The second-order valence-corrected chi connectivity index (χ2v) is 4.78. The Morgan fingerprint density at radius 2 is 2.53 bits per heavy atom. The molecule has 3 unspecified atom stereocenters. The highest BCUT2D eigenvalue weighted by Crippen LogP contribution is 2.51. The largest absolute Gasteiger partial charge is 0.462 e. The molecule has 2 rings (SSSR count). The zero-order chi connectivity index (χ0) is 10.9. The molecule has 0 aromatic heterocycles. The van der Waals surface area contributed by atoms with Crippen molar-refractivity contribution in [1.82, 2.24) is 0 Å². The van der Waals surface area contributed by atoms with Crippen LogP contribution in [0.4, 0.5) is 0 Å². The molecule has 1 spiro atoms. The van der Waals surface area contributed by atoms with Gasteiger partial charge in [-0.1, -0.05) is 18.5 Å². The molecule has 1 saturated carbocycles. The SMILES string of the molecule is CC1CCC2(CC(=O)OC2CN=[N+]=[N-])C1. The van der Waals surface area contributed by atoms with Crippen LogP contribution in [0.5, 0.6) is 0 Å². The fourth-order valence-electron chi connectivity index (χ4n) is 2.95. The first-order chi connectivity index (χ1) is 7.16. The lowest BCUT2D eigenvalue weighted by atomic mass is 9.78. The smallest absolute Gasteiger partial charge is 0.306 e. The Bertz CT molecular complexity index is 325. The average molecular weight is 209 g/mol. The predicted molar refractivity (Wildman–Crippen MR) is 54.0 cm³/mol. The first kappa shape index (κ1) is 10.3. The summed E-state index contributed by atoms with van der Waals surface area (Å²) in [5, 5.41) is 3.54. The fraction of sp³-hybridized carbons (Fsp3) is 0.900. The Morgan fingerprint density at radius 3 is 3.13 bits per heavy atom. The van der Waals surface area contributed by atoms with Gasteiger partial charge >= 0.3 is 5.97 Å². The van der Waals surface area contributed by atoms with Gasteiger partial charge in [0.25, 0.3) is 0 Å². The molecule has 1 aliphatic heterocycles. The maximum atomic E-state index is 11.3. The lowest BCUT2D eigenvalue weighted by Crippen LogP contribution is -2.30. The summed E-state index contributed by atoms with van der Waals surface area (Å²) in [6.45, 7) is 2.48. The molecule has 5 heteroatoms. The summed E-state index contributed by atoms with van der Waals surface area (Å²) in [4.78, 5) is 14.1. The zero-order valence-electron chi connectivity index (χ0n) is 8.85. The normalized spacial score (nSPS) is 39.1. The van der Waals surface area contributed by atoms with Crippen molar-refractivity contribution in [2.24, 2.45) is 16.4 Å². The van der Waals surface area contributed by atoms with Gasteiger partial charge in [-0.25, -0.2) is 0 Å². The van der Waals surface area contributed by atoms with Gasteiger partial charge in [0.1, 0.15) is 6.10 Å². The lowest BCUT2D eigenvalue weighted by Gasteiger charge is -2.26. The summed E-state index contributed by atoms with van der Waals surface area (Å²) in [7, 11) is 0. The van der Waals surface area contributed by atoms with Crippen LogP contribution in [0.2, 0.25) is 0 Å². The Balaban J connectivity index is 2.14. The van der Waals surface area contributed by atoms with Crippen LogP contribution in [-0.2, 0) is 9.53 Å². The molecule has 3 atom stereocenters. The molecule has 0 aromatic carbocycles. The standard InChI is InChI=1S/C10H15N3O2/c1-7-2-3-10(4-7)5-9(14)15-8(10)6-12-13-11/h7-8H,2-6H2,1H3. The van der Waals surface area contributed by atoms with E-state index in [-0.39, 0.29) is 24.0 Å². The number of ether oxygens (including phenoxy) is 1. The van der Waals surface area contributed by atoms with Crippen molar-refractivity contribution in [2.75, 3.05) is 6.54 Å². The van der Waals surface area contributed by atoms with Gasteiger partial charge in [0.15, 0.2) is 0 Å². The minimum atomic E-state index is -0.189. The van der Waals surface area contributed by atoms with E-state index < -0.39 is 0 Å². The van der Waals surface area contributed by atoms with Gasteiger partial charge in [0, 0.05) is 10.3 Å². The maximum absolute atomic E-state index is 11.3. The summed E-state index contributed by atoms with van der Waals surface area (Å²) in [5.41, 5.74) is 8.26. The van der Waals surface area contributed by atoms with Gasteiger partial charge in [0.2, 0.25) is 0 Å². The van der Waals surface area contributed by atoms with Crippen LogP contribution in [0.1, 0.15) is 32.6 Å². The molecule has 5 nitrogen and oxygen atoms in total. The number of cyclic esters (lactones) is 1. The molecule has 15 heavy (non-hydrogen) atoms. The molecule has 82 valence electrons. The third kappa shape index (κ3) is 1.79. The molecule has 2 aliphatic rings. The molecule has 0 amide bonds. The van der Waals surface area contributed by atoms with Gasteiger partial charge in [0.05, 0.1) is 13.0 Å². The van der Waals surface area contributed by atoms with Crippen molar-refractivity contribution in [3.63, 3.8) is 0 Å². The average Bonchev–Trinajstić information content (AvgIpc) is 2.68. The van der Waals surface area contributed by atoms with Gasteiger partial charge < -0.3 is 4.74 Å². The highest BCUT2D eigenvalue weighted by atomic mass is 16.6. The van der Waals surface area contributed by atoms with E-state index in [1.807, 2.05) is 0 Å². The first-order valence-electron chi connectivity index (χ1n) is 5.37. The number of esters is 1. The van der Waals surface area contributed by atoms with Crippen LogP contribution in [0.3, 0.4) is 0 Å². The Kier molecular flexibility index (Phi) is 2.57. The molecule has 1 heterocycles. The topological polar surface area (TPSA) is 75.1 Å². The second kappa shape index (κ2) is 3.74. The third-order valence-corrected chi connectivity index (χ3v) is 3.65. The van der Waals surface area contributed by atoms with Crippen molar-refractivity contribution in [3.8, 4) is 0 Å². The van der Waals surface area contributed by atoms with Crippen LogP contribution in [0.15, 0.2) is 5.11 Å². The molecular weight excluding hydrogens is 194 g/mol. The molecule has 0 N–H and O–H groups in total. The van der Waals surface area contributed by atoms with E-state index in [2.05, 4.69) is 16.9 Å². The van der Waals surface area contributed by atoms with E-state index >= 15 is 0 Å². The molecule has 1 aliphatic carbocycles. The monoisotopic (exact) mass is 209 g/mol. The van der Waals surface area contributed by atoms with Crippen molar-refractivity contribution >= 4 is 5.97 Å². The third-order valence-electron chi connectivity index (χ3n) is 3.65. The number of hydrogen-bond donors (Lipinski definition) is 0. The zero-order valence-corrected chi connectivity index (χ0v) is 8.85. The minimum absolute atomic E-state index is 0.0370. The van der Waals surface area contributed by atoms with Crippen LogP contribution >= 0.6 is 0 Å². The molecular formula is C10H15N3O2. The van der Waals surface area contributed by atoms with Crippen LogP contribution in [0.25, 0.3) is 10.4 Å². The van der Waals surface area contributed by atoms with Crippen molar-refractivity contribution in [1.29, 1.82) is 0 Å². The number of rotatable bonds is 2. The Hall–Kier alpha value is -1.22. The summed E-state index contributed by atoms with van der Waals surface area (Å²) >= 11 is 0. The number of carbonyl (C=O) groups excluding carboxylic acids is 1. The predicted octanol–water partition coefficient (Wildman–Crippen LogP) is 2.42. The fourth-order valence-corrected chi connectivity index (χ4v) is 2.95. The molecule has 1 saturated heterocycles. The number of nitrogens with zero attached hydrogens (tertiary/aromatic N) is 3. The van der Waals surface area contributed by atoms with Gasteiger partial charge in [-0.2, -0.15) is 0 Å². The summed E-state index contributed by atoms with van der Waals surface area (Å²) in [6.07, 6.45) is 3.49. The molecule has 0 aromatic rings. The first-order valence-corrected chi connectivity index (χ1v) is 5.37. The Labute approximate surface area is 88.4 Å². The van der Waals surface area contributed by atoms with E-state index in [1.165, 1.54) is 0 Å². The van der Waals surface area contributed by atoms with Crippen molar-refractivity contribution in [2.45, 2.75) is 38.7 Å². The van der Waals surface area contributed by atoms with E-state index in [0.717, 1.165) is 19.3 Å². The molecule has 2 fully saturated rings. The Morgan fingerprint density at radius 1 is 1.73 bits per heavy atom. The van der Waals surface area contributed by atoms with Crippen LogP contribution in [-0.4, -0.2) is 18.6 Å². The van der Waals surface area contributed by atoms with E-state index in [4.69, 9.17) is 10.3 Å². The van der Waals surface area contributed by atoms with Crippen LogP contribution < -0.4 is 0 Å². The number of azide groups is 1. The molecule has 0 radical (unpaired) electrons. The second-order valence-electron chi connectivity index (χ2n) is 4.78. The van der Waals surface area contributed by atoms with E-state index in [0.29, 0.717) is 12.3 Å². The van der Waals surface area contributed by atoms with Crippen molar-refractivity contribution in [3.05, 3.63) is 10.4 Å². The minimum Gasteiger partial charge on any atom is -0.462 e. The summed E-state index contributed by atoms with van der Waals surface area (Å²) in [5.74, 6) is 0.510.